The van der Waals surface area contributed by atoms with Gasteiger partial charge in [-0.3, -0.25) is 0 Å². The molecule has 3 heteroatoms. The Hall–Kier alpha value is -1.12. The highest BCUT2D eigenvalue weighted by atomic mass is 15.2. The van der Waals surface area contributed by atoms with Crippen LogP contribution in [0.15, 0.2) is 6.20 Å². The minimum absolute atomic E-state index is 0.802. The number of hydrogen-bond donors (Lipinski definition) is 0. The Morgan fingerprint density at radius 1 is 1.42 bits per heavy atom. The molecule has 0 unspecified atom stereocenters. The molecule has 0 atom stereocenters. The number of anilines is 1. The molecule has 1 heterocycles. The first kappa shape index (κ1) is 8.97. The monoisotopic (exact) mass is 164 g/mol. The zero-order valence-corrected chi connectivity index (χ0v) is 7.83. The van der Waals surface area contributed by atoms with Crippen LogP contribution in [0.1, 0.15) is 19.5 Å². The predicted molar refractivity (Wildman–Crippen MR) is 49.2 cm³/mol. The van der Waals surface area contributed by atoms with Crippen molar-refractivity contribution in [3.05, 3.63) is 18.0 Å². The number of hydrogen-bond acceptors (Lipinski definition) is 3. The van der Waals surface area contributed by atoms with Crippen LogP contribution in [-0.2, 0) is 0 Å². The first-order valence-corrected chi connectivity index (χ1v) is 4.24. The van der Waals surface area contributed by atoms with E-state index in [1.165, 1.54) is 0 Å². The topological polar surface area (TPSA) is 29.0 Å². The van der Waals surface area contributed by atoms with Crippen LogP contribution in [0.4, 0.5) is 5.95 Å². The maximum atomic E-state index is 4.27. The van der Waals surface area contributed by atoms with Gasteiger partial charge in [0, 0.05) is 25.4 Å². The third-order valence-electron chi connectivity index (χ3n) is 1.77. The lowest BCUT2D eigenvalue weighted by Gasteiger charge is -2.17. The highest BCUT2D eigenvalue weighted by Crippen LogP contribution is 2.05. The molecule has 12 heavy (non-hydrogen) atoms. The summed E-state index contributed by atoms with van der Waals surface area (Å²) in [6, 6.07) is 2.93. The molecule has 1 aromatic heterocycles. The van der Waals surface area contributed by atoms with E-state index in [0.717, 1.165) is 24.7 Å². The fourth-order valence-corrected chi connectivity index (χ4v) is 1.05. The van der Waals surface area contributed by atoms with Crippen molar-refractivity contribution in [1.82, 2.24) is 9.97 Å². The Morgan fingerprint density at radius 3 is 2.58 bits per heavy atom. The molecule has 0 saturated heterocycles. The van der Waals surface area contributed by atoms with E-state index in [9.17, 15) is 0 Å². The van der Waals surface area contributed by atoms with Crippen molar-refractivity contribution in [2.45, 2.75) is 20.8 Å². The number of nitrogens with zero attached hydrogens (tertiary/aromatic N) is 3. The molecule has 3 nitrogen and oxygen atoms in total. The zero-order chi connectivity index (χ0) is 8.97. The average Bonchev–Trinajstić information content (AvgIpc) is 2.07. The Kier molecular flexibility index (Phi) is 3.02. The Morgan fingerprint density at radius 2 is 2.08 bits per heavy atom. The van der Waals surface area contributed by atoms with Gasteiger partial charge in [-0.25, -0.2) is 9.97 Å². The maximum absolute atomic E-state index is 4.27. The molecule has 0 aromatic carbocycles. The van der Waals surface area contributed by atoms with Gasteiger partial charge in [-0.05, 0) is 20.8 Å². The quantitative estimate of drug-likeness (QED) is 0.676. The SMILES string of the molecule is CCN(CC)c1nc[c]c(C)n1. The molecule has 0 saturated carbocycles. The summed E-state index contributed by atoms with van der Waals surface area (Å²) < 4.78 is 0. The molecular formula is C9H14N3. The molecular weight excluding hydrogens is 150 g/mol. The predicted octanol–water partition coefficient (Wildman–Crippen LogP) is 1.43. The second-order valence-electron chi connectivity index (χ2n) is 2.57. The fourth-order valence-electron chi connectivity index (χ4n) is 1.05. The summed E-state index contributed by atoms with van der Waals surface area (Å²) in [6.07, 6.45) is 1.68. The Bertz CT molecular complexity index is 243. The van der Waals surface area contributed by atoms with E-state index < -0.39 is 0 Å². The summed E-state index contributed by atoms with van der Waals surface area (Å²) in [4.78, 5) is 10.5. The summed E-state index contributed by atoms with van der Waals surface area (Å²) in [5.41, 5.74) is 0.895. The van der Waals surface area contributed by atoms with Gasteiger partial charge in [-0.15, -0.1) is 0 Å². The molecule has 65 valence electrons. The van der Waals surface area contributed by atoms with Crippen LogP contribution >= 0.6 is 0 Å². The fraction of sp³-hybridized carbons (Fsp3) is 0.556. The minimum atomic E-state index is 0.802. The first-order chi connectivity index (χ1) is 5.77. The Balaban J connectivity index is 2.85. The largest absolute Gasteiger partial charge is 0.341 e. The van der Waals surface area contributed by atoms with Gasteiger partial charge in [0.15, 0.2) is 0 Å². The minimum Gasteiger partial charge on any atom is -0.341 e. The van der Waals surface area contributed by atoms with Gasteiger partial charge in [0.05, 0.1) is 5.69 Å². The summed E-state index contributed by atoms with van der Waals surface area (Å²) in [6.45, 7) is 8.01. The van der Waals surface area contributed by atoms with Gasteiger partial charge in [-0.1, -0.05) is 0 Å². The second kappa shape index (κ2) is 4.04. The molecule has 0 aliphatic rings. The number of aromatic nitrogens is 2. The van der Waals surface area contributed by atoms with E-state index in [2.05, 4.69) is 34.8 Å². The molecule has 1 aromatic rings. The van der Waals surface area contributed by atoms with Crippen molar-refractivity contribution in [3.63, 3.8) is 0 Å². The van der Waals surface area contributed by atoms with E-state index >= 15 is 0 Å². The highest BCUT2D eigenvalue weighted by molar-refractivity contribution is 5.28. The van der Waals surface area contributed by atoms with Gasteiger partial charge in [-0.2, -0.15) is 0 Å². The van der Waals surface area contributed by atoms with Crippen molar-refractivity contribution in [2.75, 3.05) is 18.0 Å². The van der Waals surface area contributed by atoms with E-state index in [1.54, 1.807) is 6.20 Å². The van der Waals surface area contributed by atoms with Crippen LogP contribution in [0.5, 0.6) is 0 Å². The van der Waals surface area contributed by atoms with E-state index in [1.807, 2.05) is 6.92 Å². The van der Waals surface area contributed by atoms with Crippen molar-refractivity contribution in [3.8, 4) is 0 Å². The summed E-state index contributed by atoms with van der Waals surface area (Å²) in [7, 11) is 0. The molecule has 1 radical (unpaired) electrons. The van der Waals surface area contributed by atoms with Gasteiger partial charge in [0.25, 0.3) is 0 Å². The first-order valence-electron chi connectivity index (χ1n) is 4.24. The highest BCUT2D eigenvalue weighted by Gasteiger charge is 2.03. The van der Waals surface area contributed by atoms with Crippen LogP contribution in [0.2, 0.25) is 0 Å². The standard InChI is InChI=1S/C9H14N3/c1-4-12(5-2)9-10-7-6-8(3)11-9/h7H,4-5H2,1-3H3. The van der Waals surface area contributed by atoms with E-state index in [-0.39, 0.29) is 0 Å². The third-order valence-corrected chi connectivity index (χ3v) is 1.77. The Labute approximate surface area is 73.5 Å². The van der Waals surface area contributed by atoms with Gasteiger partial charge in [0.1, 0.15) is 0 Å². The molecule has 1 rings (SSSR count). The summed E-state index contributed by atoms with van der Waals surface area (Å²) >= 11 is 0. The molecule has 0 spiro atoms. The normalized spacial score (nSPS) is 9.92. The molecule has 0 aliphatic carbocycles. The third kappa shape index (κ3) is 1.94. The zero-order valence-electron chi connectivity index (χ0n) is 7.83. The lowest BCUT2D eigenvalue weighted by Crippen LogP contribution is -2.24. The molecule has 0 N–H and O–H groups in total. The van der Waals surface area contributed by atoms with Crippen molar-refractivity contribution >= 4 is 5.95 Å². The van der Waals surface area contributed by atoms with Crippen molar-refractivity contribution in [2.24, 2.45) is 0 Å². The van der Waals surface area contributed by atoms with Crippen LogP contribution in [-0.4, -0.2) is 23.1 Å². The lowest BCUT2D eigenvalue weighted by atomic mass is 10.4. The number of aryl methyl sites for hydroxylation is 1. The van der Waals surface area contributed by atoms with Crippen molar-refractivity contribution < 1.29 is 0 Å². The van der Waals surface area contributed by atoms with E-state index in [0.29, 0.717) is 0 Å². The van der Waals surface area contributed by atoms with Gasteiger partial charge >= 0.3 is 0 Å². The molecule has 0 aliphatic heterocycles. The second-order valence-corrected chi connectivity index (χ2v) is 2.57. The van der Waals surface area contributed by atoms with Crippen LogP contribution < -0.4 is 4.90 Å². The average molecular weight is 164 g/mol. The summed E-state index contributed by atoms with van der Waals surface area (Å²) in [5.74, 6) is 0.802. The maximum Gasteiger partial charge on any atom is 0.225 e. The number of rotatable bonds is 3. The molecule has 0 amide bonds. The lowest BCUT2D eigenvalue weighted by molar-refractivity contribution is 0.815. The van der Waals surface area contributed by atoms with Crippen LogP contribution in [0, 0.1) is 13.0 Å². The van der Waals surface area contributed by atoms with Crippen LogP contribution in [0.3, 0.4) is 0 Å². The molecule has 0 fully saturated rings. The van der Waals surface area contributed by atoms with Crippen molar-refractivity contribution in [1.29, 1.82) is 0 Å². The van der Waals surface area contributed by atoms with Crippen LogP contribution in [0.25, 0.3) is 0 Å². The smallest absolute Gasteiger partial charge is 0.225 e. The van der Waals surface area contributed by atoms with E-state index in [4.69, 9.17) is 0 Å². The van der Waals surface area contributed by atoms with Gasteiger partial charge < -0.3 is 4.90 Å². The van der Waals surface area contributed by atoms with Gasteiger partial charge in [0.2, 0.25) is 5.95 Å². The summed E-state index contributed by atoms with van der Waals surface area (Å²) in [5, 5.41) is 0. The molecule has 0 bridgehead atoms.